The summed E-state index contributed by atoms with van der Waals surface area (Å²) in [7, 11) is 1.85. The van der Waals surface area contributed by atoms with E-state index in [1.165, 1.54) is 0 Å². The topological polar surface area (TPSA) is 96.5 Å². The Kier molecular flexibility index (Phi) is 6.52. The molecule has 2 aromatic heterocycles. The maximum Gasteiger partial charge on any atom is 0.246 e. The van der Waals surface area contributed by atoms with Crippen molar-refractivity contribution in [1.29, 1.82) is 0 Å². The molecule has 11 heteroatoms. The molecule has 0 atom stereocenters. The van der Waals surface area contributed by atoms with Crippen molar-refractivity contribution in [3.05, 3.63) is 24.0 Å². The van der Waals surface area contributed by atoms with E-state index in [-0.39, 0.29) is 29.9 Å². The van der Waals surface area contributed by atoms with Gasteiger partial charge in [-0.2, -0.15) is 5.10 Å². The van der Waals surface area contributed by atoms with Gasteiger partial charge in [0.05, 0.1) is 11.9 Å². The summed E-state index contributed by atoms with van der Waals surface area (Å²) in [6.07, 6.45) is 5.69. The first kappa shape index (κ1) is 20.6. The quantitative estimate of drug-likeness (QED) is 0.372. The lowest BCUT2D eigenvalue weighted by Crippen LogP contribution is -2.55. The number of nitrogens with one attached hydrogen (secondary N) is 1. The predicted octanol–water partition coefficient (Wildman–Crippen LogP) is 0.390. The van der Waals surface area contributed by atoms with Gasteiger partial charge in [-0.1, -0.05) is 0 Å². The number of amides is 1. The second kappa shape index (κ2) is 8.88. The highest BCUT2D eigenvalue weighted by molar-refractivity contribution is 14.0. The third-order valence-electron chi connectivity index (χ3n) is 4.91. The number of guanidine groups is 1. The van der Waals surface area contributed by atoms with Crippen molar-refractivity contribution in [2.45, 2.75) is 32.9 Å². The van der Waals surface area contributed by atoms with Gasteiger partial charge in [0.25, 0.3) is 0 Å². The Balaban J connectivity index is 0.00000225. The van der Waals surface area contributed by atoms with Crippen molar-refractivity contribution in [3.63, 3.8) is 0 Å². The number of aliphatic imine (C=N–C) groups is 1. The number of nitrogens with zero attached hydrogens (tertiary/aromatic N) is 8. The van der Waals surface area contributed by atoms with Crippen molar-refractivity contribution in [1.82, 2.24) is 34.8 Å². The molecule has 0 saturated carbocycles. The summed E-state index contributed by atoms with van der Waals surface area (Å²) >= 11 is 0. The van der Waals surface area contributed by atoms with Crippen LogP contribution in [-0.2, 0) is 31.4 Å². The van der Waals surface area contributed by atoms with Crippen LogP contribution in [-0.4, -0.2) is 67.5 Å². The molecule has 1 N–H and O–H groups in total. The number of rotatable bonds is 4. The standard InChI is InChI=1S/C17H25N9O.HI/c1-3-18-17(19-10-15-22-21-14-5-4-6-26(14)15)24-7-8-25(16(27)12-24)13-9-20-23(2)11-13;/h9,11H,3-8,10,12H2,1-2H3,(H,18,19);1H. The number of hydrogen-bond donors (Lipinski definition) is 1. The molecule has 0 unspecified atom stereocenters. The third-order valence-corrected chi connectivity index (χ3v) is 4.91. The summed E-state index contributed by atoms with van der Waals surface area (Å²) in [5.41, 5.74) is 0.836. The van der Waals surface area contributed by atoms with Gasteiger partial charge in [0.1, 0.15) is 18.9 Å². The number of aryl methyl sites for hydroxylation is 2. The largest absolute Gasteiger partial charge is 0.356 e. The molecular formula is C17H26IN9O. The highest BCUT2D eigenvalue weighted by Gasteiger charge is 2.28. The molecule has 4 rings (SSSR count). The Morgan fingerprint density at radius 2 is 2.14 bits per heavy atom. The van der Waals surface area contributed by atoms with Crippen LogP contribution in [0.4, 0.5) is 5.69 Å². The summed E-state index contributed by atoms with van der Waals surface area (Å²) in [5, 5.41) is 15.9. The van der Waals surface area contributed by atoms with Gasteiger partial charge in [-0.05, 0) is 13.3 Å². The van der Waals surface area contributed by atoms with Crippen LogP contribution in [0.15, 0.2) is 17.4 Å². The van der Waals surface area contributed by atoms with Crippen LogP contribution in [0, 0.1) is 0 Å². The van der Waals surface area contributed by atoms with Crippen molar-refractivity contribution in [2.24, 2.45) is 12.0 Å². The van der Waals surface area contributed by atoms with Crippen LogP contribution < -0.4 is 10.2 Å². The third kappa shape index (κ3) is 4.13. The summed E-state index contributed by atoms with van der Waals surface area (Å²) in [5.74, 6) is 2.72. The van der Waals surface area contributed by atoms with E-state index in [2.05, 4.69) is 25.2 Å². The smallest absolute Gasteiger partial charge is 0.246 e. The molecule has 0 aliphatic carbocycles. The van der Waals surface area contributed by atoms with Crippen LogP contribution >= 0.6 is 24.0 Å². The van der Waals surface area contributed by atoms with Crippen LogP contribution in [0.2, 0.25) is 0 Å². The molecule has 4 heterocycles. The summed E-state index contributed by atoms with van der Waals surface area (Å²) < 4.78 is 3.86. The average Bonchev–Trinajstić information content (AvgIpc) is 3.36. The minimum atomic E-state index is 0. The molecule has 0 spiro atoms. The van der Waals surface area contributed by atoms with Gasteiger partial charge >= 0.3 is 0 Å². The normalized spacial score (nSPS) is 16.9. The SMILES string of the molecule is CCNC(=NCc1nnc2n1CCC2)N1CCN(c2cnn(C)c2)C(=O)C1.I. The number of fused-ring (bicyclic) bond motifs is 1. The lowest BCUT2D eigenvalue weighted by atomic mass is 10.3. The molecule has 0 aromatic carbocycles. The molecule has 1 amide bonds. The summed E-state index contributed by atoms with van der Waals surface area (Å²) in [6, 6.07) is 0. The number of carbonyl (C=O) groups excluding carboxylic acids is 1. The fourth-order valence-corrected chi connectivity index (χ4v) is 3.57. The van der Waals surface area contributed by atoms with Gasteiger partial charge in [-0.25, -0.2) is 4.99 Å². The molecule has 10 nitrogen and oxygen atoms in total. The molecular weight excluding hydrogens is 473 g/mol. The number of hydrogen-bond acceptors (Lipinski definition) is 5. The Bertz CT molecular complexity index is 859. The second-order valence-electron chi connectivity index (χ2n) is 6.80. The first-order valence-electron chi connectivity index (χ1n) is 9.39. The molecule has 2 aromatic rings. The van der Waals surface area contributed by atoms with Crippen molar-refractivity contribution in [2.75, 3.05) is 31.1 Å². The van der Waals surface area contributed by atoms with E-state index in [4.69, 9.17) is 4.99 Å². The zero-order chi connectivity index (χ0) is 18.8. The first-order chi connectivity index (χ1) is 13.2. The maximum absolute atomic E-state index is 12.6. The average molecular weight is 499 g/mol. The molecule has 2 aliphatic rings. The lowest BCUT2D eigenvalue weighted by Gasteiger charge is -2.35. The van der Waals surface area contributed by atoms with Crippen LogP contribution in [0.3, 0.4) is 0 Å². The molecule has 1 saturated heterocycles. The van der Waals surface area contributed by atoms with E-state index < -0.39 is 0 Å². The highest BCUT2D eigenvalue weighted by atomic mass is 127. The number of aromatic nitrogens is 5. The lowest BCUT2D eigenvalue weighted by molar-refractivity contribution is -0.120. The van der Waals surface area contributed by atoms with Gasteiger partial charge in [0.15, 0.2) is 11.8 Å². The molecule has 1 fully saturated rings. The van der Waals surface area contributed by atoms with Gasteiger partial charge < -0.3 is 19.7 Å². The van der Waals surface area contributed by atoms with Crippen LogP contribution in [0.25, 0.3) is 0 Å². The predicted molar refractivity (Wildman–Crippen MR) is 116 cm³/mol. The number of piperazine rings is 1. The Morgan fingerprint density at radius 1 is 1.29 bits per heavy atom. The van der Waals surface area contributed by atoms with E-state index >= 15 is 0 Å². The summed E-state index contributed by atoms with van der Waals surface area (Å²) in [6.45, 7) is 5.81. The highest BCUT2D eigenvalue weighted by Crippen LogP contribution is 2.17. The summed E-state index contributed by atoms with van der Waals surface area (Å²) in [4.78, 5) is 21.1. The Hall–Kier alpha value is -2.18. The zero-order valence-electron chi connectivity index (χ0n) is 16.2. The number of halogens is 1. The van der Waals surface area contributed by atoms with E-state index in [1.54, 1.807) is 15.8 Å². The van der Waals surface area contributed by atoms with Gasteiger partial charge in [0.2, 0.25) is 5.91 Å². The minimum absolute atomic E-state index is 0. The van der Waals surface area contributed by atoms with Gasteiger partial charge in [-0.3, -0.25) is 9.48 Å². The van der Waals surface area contributed by atoms with Crippen molar-refractivity contribution in [3.8, 4) is 0 Å². The van der Waals surface area contributed by atoms with Crippen molar-refractivity contribution < 1.29 is 4.79 Å². The molecule has 28 heavy (non-hydrogen) atoms. The Morgan fingerprint density at radius 3 is 2.86 bits per heavy atom. The second-order valence-corrected chi connectivity index (χ2v) is 6.80. The van der Waals surface area contributed by atoms with Crippen LogP contribution in [0.5, 0.6) is 0 Å². The molecule has 0 radical (unpaired) electrons. The fraction of sp³-hybridized carbons (Fsp3) is 0.588. The maximum atomic E-state index is 12.6. The molecule has 2 aliphatic heterocycles. The molecule has 0 bridgehead atoms. The number of carbonyl (C=O) groups is 1. The van der Waals surface area contributed by atoms with Crippen LogP contribution in [0.1, 0.15) is 25.0 Å². The van der Waals surface area contributed by atoms with Crippen molar-refractivity contribution >= 4 is 41.5 Å². The fourth-order valence-electron chi connectivity index (χ4n) is 3.57. The molecule has 152 valence electrons. The zero-order valence-corrected chi connectivity index (χ0v) is 18.5. The van der Waals surface area contributed by atoms with Gasteiger partial charge in [0, 0.05) is 45.8 Å². The van der Waals surface area contributed by atoms with Gasteiger partial charge in [-0.15, -0.1) is 34.2 Å². The van der Waals surface area contributed by atoms with E-state index in [0.717, 1.165) is 49.2 Å². The van der Waals surface area contributed by atoms with E-state index in [9.17, 15) is 4.79 Å². The number of anilines is 1. The van der Waals surface area contributed by atoms with E-state index in [0.29, 0.717) is 26.2 Å². The first-order valence-corrected chi connectivity index (χ1v) is 9.39. The Labute approximate surface area is 181 Å². The van der Waals surface area contributed by atoms with E-state index in [1.807, 2.05) is 25.1 Å². The monoisotopic (exact) mass is 499 g/mol. The minimum Gasteiger partial charge on any atom is -0.356 e.